The van der Waals surface area contributed by atoms with Gasteiger partial charge < -0.3 is 9.47 Å². The van der Waals surface area contributed by atoms with Gasteiger partial charge in [0.1, 0.15) is 0 Å². The van der Waals surface area contributed by atoms with Crippen LogP contribution in [0, 0.1) is 52.3 Å². The van der Waals surface area contributed by atoms with Crippen molar-refractivity contribution in [2.75, 3.05) is 13.2 Å². The average molecular weight is 431 g/mol. The van der Waals surface area contributed by atoms with Crippen LogP contribution in [0.4, 0.5) is 0 Å². The van der Waals surface area contributed by atoms with Crippen molar-refractivity contribution in [3.05, 3.63) is 0 Å². The molecule has 0 bridgehead atoms. The Morgan fingerprint density at radius 3 is 2.26 bits per heavy atom. The van der Waals surface area contributed by atoms with Crippen molar-refractivity contribution in [2.45, 2.75) is 117 Å². The zero-order valence-corrected chi connectivity index (χ0v) is 21.3. The molecule has 1 saturated heterocycles. The van der Waals surface area contributed by atoms with Crippen molar-refractivity contribution < 1.29 is 9.47 Å². The molecule has 5 rings (SSSR count). The van der Waals surface area contributed by atoms with Crippen molar-refractivity contribution in [2.24, 2.45) is 52.3 Å². The first-order valence-electron chi connectivity index (χ1n) is 14.1. The molecule has 5 aliphatic rings. The molecule has 0 unspecified atom stereocenters. The third-order valence-corrected chi connectivity index (χ3v) is 11.7. The fourth-order valence-corrected chi connectivity index (χ4v) is 9.98. The van der Waals surface area contributed by atoms with Crippen LogP contribution in [-0.4, -0.2) is 19.0 Å². The van der Waals surface area contributed by atoms with E-state index in [-0.39, 0.29) is 5.79 Å². The molecule has 31 heavy (non-hydrogen) atoms. The van der Waals surface area contributed by atoms with E-state index in [4.69, 9.17) is 9.47 Å². The smallest absolute Gasteiger partial charge is 0.168 e. The van der Waals surface area contributed by atoms with Gasteiger partial charge in [0.2, 0.25) is 0 Å². The summed E-state index contributed by atoms with van der Waals surface area (Å²) in [5.74, 6) is 6.32. The maximum atomic E-state index is 6.16. The summed E-state index contributed by atoms with van der Waals surface area (Å²) in [5, 5.41) is 0. The predicted molar refractivity (Wildman–Crippen MR) is 128 cm³/mol. The summed E-state index contributed by atoms with van der Waals surface area (Å²) in [6.07, 6.45) is 16.9. The van der Waals surface area contributed by atoms with Gasteiger partial charge in [-0.15, -0.1) is 0 Å². The Hall–Kier alpha value is -0.0800. The first-order valence-corrected chi connectivity index (χ1v) is 14.1. The highest BCUT2D eigenvalue weighted by Gasteiger charge is 2.62. The summed E-state index contributed by atoms with van der Waals surface area (Å²) >= 11 is 0. The highest BCUT2D eigenvalue weighted by Crippen LogP contribution is 2.69. The molecule has 1 heterocycles. The van der Waals surface area contributed by atoms with Gasteiger partial charge >= 0.3 is 0 Å². The molecule has 178 valence electrons. The van der Waals surface area contributed by atoms with Crippen LogP contribution in [0.5, 0.6) is 0 Å². The molecule has 2 heteroatoms. The zero-order chi connectivity index (χ0) is 21.9. The van der Waals surface area contributed by atoms with E-state index in [2.05, 4.69) is 34.6 Å². The highest BCUT2D eigenvalue weighted by atomic mass is 16.7. The van der Waals surface area contributed by atoms with Gasteiger partial charge in [-0.25, -0.2) is 0 Å². The van der Waals surface area contributed by atoms with E-state index in [1.807, 2.05) is 0 Å². The van der Waals surface area contributed by atoms with E-state index in [1.54, 1.807) is 0 Å². The van der Waals surface area contributed by atoms with Crippen molar-refractivity contribution >= 4 is 0 Å². The van der Waals surface area contributed by atoms with Crippen LogP contribution in [0.3, 0.4) is 0 Å². The molecular formula is C29H50O2. The van der Waals surface area contributed by atoms with Crippen LogP contribution in [0.1, 0.15) is 112 Å². The first-order chi connectivity index (χ1) is 14.8. The van der Waals surface area contributed by atoms with Crippen LogP contribution in [0.2, 0.25) is 0 Å². The highest BCUT2D eigenvalue weighted by molar-refractivity contribution is 5.10. The third kappa shape index (κ3) is 3.74. The third-order valence-electron chi connectivity index (χ3n) is 11.7. The molecule has 1 aliphatic heterocycles. The maximum Gasteiger partial charge on any atom is 0.168 e. The quantitative estimate of drug-likeness (QED) is 0.442. The lowest BCUT2D eigenvalue weighted by molar-refractivity contribution is -0.229. The lowest BCUT2D eigenvalue weighted by Crippen LogP contribution is -2.56. The molecule has 0 radical (unpaired) electrons. The lowest BCUT2D eigenvalue weighted by atomic mass is 9.44. The fourth-order valence-electron chi connectivity index (χ4n) is 9.98. The second-order valence-electron chi connectivity index (χ2n) is 13.5. The van der Waals surface area contributed by atoms with E-state index in [9.17, 15) is 0 Å². The van der Waals surface area contributed by atoms with Crippen LogP contribution < -0.4 is 0 Å². The Morgan fingerprint density at radius 1 is 0.774 bits per heavy atom. The van der Waals surface area contributed by atoms with Crippen molar-refractivity contribution in [3.63, 3.8) is 0 Å². The maximum absolute atomic E-state index is 6.16. The van der Waals surface area contributed by atoms with Crippen LogP contribution >= 0.6 is 0 Å². The Balaban J connectivity index is 1.28. The number of ether oxygens (including phenoxy) is 2. The van der Waals surface area contributed by atoms with Gasteiger partial charge in [-0.1, -0.05) is 53.9 Å². The topological polar surface area (TPSA) is 18.5 Å². The predicted octanol–water partition coefficient (Wildman–Crippen LogP) is 7.85. The monoisotopic (exact) mass is 430 g/mol. The van der Waals surface area contributed by atoms with Crippen molar-refractivity contribution in [3.8, 4) is 0 Å². The summed E-state index contributed by atoms with van der Waals surface area (Å²) in [6, 6.07) is 0. The molecule has 4 saturated carbocycles. The fraction of sp³-hybridized carbons (Fsp3) is 1.00. The lowest BCUT2D eigenvalue weighted by Gasteiger charge is -2.62. The van der Waals surface area contributed by atoms with Gasteiger partial charge in [0.05, 0.1) is 13.2 Å². The SMILES string of the molecule is CC(C)CCC[C@@H](C)[C@H]1CC[C@H]2[C@@H]3CC[C@@H]4CC5(CC[C@]4(C)[C@H]3CC[C@]12C)OCCO5. The molecular weight excluding hydrogens is 380 g/mol. The van der Waals surface area contributed by atoms with E-state index in [0.717, 1.165) is 61.1 Å². The van der Waals surface area contributed by atoms with Crippen LogP contribution in [0.25, 0.3) is 0 Å². The number of hydrogen-bond acceptors (Lipinski definition) is 2. The van der Waals surface area contributed by atoms with Gasteiger partial charge in [-0.3, -0.25) is 0 Å². The number of rotatable bonds is 5. The molecule has 0 aromatic heterocycles. The van der Waals surface area contributed by atoms with Crippen LogP contribution in [0.15, 0.2) is 0 Å². The summed E-state index contributed by atoms with van der Waals surface area (Å²) < 4.78 is 12.3. The van der Waals surface area contributed by atoms with E-state index in [0.29, 0.717) is 10.8 Å². The summed E-state index contributed by atoms with van der Waals surface area (Å²) in [6.45, 7) is 14.4. The largest absolute Gasteiger partial charge is 0.348 e. The van der Waals surface area contributed by atoms with Crippen molar-refractivity contribution in [1.82, 2.24) is 0 Å². The second-order valence-corrected chi connectivity index (χ2v) is 13.5. The van der Waals surface area contributed by atoms with Gasteiger partial charge in [0, 0.05) is 12.8 Å². The molecule has 0 amide bonds. The summed E-state index contributed by atoms with van der Waals surface area (Å²) in [4.78, 5) is 0. The van der Waals surface area contributed by atoms with Gasteiger partial charge in [-0.2, -0.15) is 0 Å². The standard InChI is InChI=1S/C29H50O2/c1-20(2)7-6-8-21(3)24-11-12-25-23-10-9-22-19-29(30-17-18-31-29)16-15-27(22,4)26(23)13-14-28(24,25)5/h20-26H,6-19H2,1-5H3/t21-,22-,23+,24-,25+,26+,27+,28-/m1/s1. The van der Waals surface area contributed by atoms with E-state index < -0.39 is 0 Å². The normalized spacial score (nSPS) is 47.2. The van der Waals surface area contributed by atoms with Gasteiger partial charge in [-0.05, 0) is 97.2 Å². The Kier molecular flexibility index (Phi) is 6.08. The molecule has 1 spiro atoms. The molecule has 2 nitrogen and oxygen atoms in total. The van der Waals surface area contributed by atoms with Gasteiger partial charge in [0.15, 0.2) is 5.79 Å². The average Bonchev–Trinajstić information content (AvgIpc) is 3.32. The molecule has 0 aromatic rings. The Labute approximate surface area is 192 Å². The minimum atomic E-state index is -0.204. The number of hydrogen-bond donors (Lipinski definition) is 0. The second kappa shape index (κ2) is 8.30. The minimum Gasteiger partial charge on any atom is -0.348 e. The molecule has 0 aromatic carbocycles. The molecule has 8 atom stereocenters. The molecule has 0 N–H and O–H groups in total. The minimum absolute atomic E-state index is 0.204. The van der Waals surface area contributed by atoms with E-state index >= 15 is 0 Å². The van der Waals surface area contributed by atoms with Gasteiger partial charge in [0.25, 0.3) is 0 Å². The molecule has 5 fully saturated rings. The zero-order valence-electron chi connectivity index (χ0n) is 21.3. The summed E-state index contributed by atoms with van der Waals surface area (Å²) in [5.41, 5.74) is 1.15. The number of fused-ring (bicyclic) bond motifs is 5. The van der Waals surface area contributed by atoms with E-state index in [1.165, 1.54) is 70.6 Å². The first kappa shape index (κ1) is 22.7. The molecule has 4 aliphatic carbocycles. The summed E-state index contributed by atoms with van der Waals surface area (Å²) in [7, 11) is 0. The van der Waals surface area contributed by atoms with Crippen LogP contribution in [-0.2, 0) is 9.47 Å². The van der Waals surface area contributed by atoms with Crippen molar-refractivity contribution in [1.29, 1.82) is 0 Å². The Morgan fingerprint density at radius 2 is 1.52 bits per heavy atom. The Bertz CT molecular complexity index is 637.